The highest BCUT2D eigenvalue weighted by atomic mass is 16.5. The van der Waals surface area contributed by atoms with Crippen molar-refractivity contribution in [2.24, 2.45) is 10.7 Å². The van der Waals surface area contributed by atoms with Crippen LogP contribution in [-0.4, -0.2) is 43.2 Å². The van der Waals surface area contributed by atoms with Crippen molar-refractivity contribution in [2.45, 2.75) is 51.2 Å². The summed E-state index contributed by atoms with van der Waals surface area (Å²) < 4.78 is 5.41. The Kier molecular flexibility index (Phi) is 6.49. The number of nitrogens with one attached hydrogen (secondary N) is 1. The van der Waals surface area contributed by atoms with Crippen LogP contribution < -0.4 is 11.1 Å². The number of morpholine rings is 1. The van der Waals surface area contributed by atoms with Crippen molar-refractivity contribution in [1.29, 1.82) is 0 Å². The Bertz CT molecular complexity index is 534. The first-order chi connectivity index (χ1) is 11.8. The number of hydrogen-bond donors (Lipinski definition) is 2. The molecule has 1 saturated heterocycles. The van der Waals surface area contributed by atoms with Gasteiger partial charge in [0.05, 0.1) is 19.8 Å². The minimum Gasteiger partial charge on any atom is -0.379 e. The molecule has 0 unspecified atom stereocenters. The standard InChI is InChI=1S/C19H30N4O/c20-19(22-18-7-2-1-3-8-18)21-14-16-5-4-6-17(13-16)15-23-9-11-24-12-10-23/h4-6,13,18H,1-3,7-12,14-15H2,(H3,20,21,22). The van der Waals surface area contributed by atoms with Gasteiger partial charge in [-0.15, -0.1) is 0 Å². The quantitative estimate of drug-likeness (QED) is 0.642. The summed E-state index contributed by atoms with van der Waals surface area (Å²) in [6, 6.07) is 9.18. The summed E-state index contributed by atoms with van der Waals surface area (Å²) in [6.07, 6.45) is 6.38. The van der Waals surface area contributed by atoms with E-state index in [1.807, 2.05) is 0 Å². The molecule has 0 bridgehead atoms. The molecule has 0 radical (unpaired) electrons. The molecule has 24 heavy (non-hydrogen) atoms. The normalized spacial score (nSPS) is 20.9. The van der Waals surface area contributed by atoms with Crippen molar-refractivity contribution in [3.8, 4) is 0 Å². The summed E-state index contributed by atoms with van der Waals surface area (Å²) in [4.78, 5) is 6.96. The fraction of sp³-hybridized carbons (Fsp3) is 0.632. The fourth-order valence-corrected chi connectivity index (χ4v) is 3.52. The monoisotopic (exact) mass is 330 g/mol. The maximum Gasteiger partial charge on any atom is 0.189 e. The molecule has 0 amide bonds. The van der Waals surface area contributed by atoms with Gasteiger partial charge in [0.1, 0.15) is 0 Å². The van der Waals surface area contributed by atoms with Gasteiger partial charge in [-0.25, -0.2) is 4.99 Å². The average molecular weight is 330 g/mol. The molecule has 3 rings (SSSR count). The van der Waals surface area contributed by atoms with E-state index in [9.17, 15) is 0 Å². The van der Waals surface area contributed by atoms with Crippen molar-refractivity contribution >= 4 is 5.96 Å². The highest BCUT2D eigenvalue weighted by Crippen LogP contribution is 2.17. The SMILES string of the molecule is NC(=NCc1cccc(CN2CCOCC2)c1)NC1CCCCC1. The molecule has 1 aromatic rings. The first-order valence-electron chi connectivity index (χ1n) is 9.24. The lowest BCUT2D eigenvalue weighted by molar-refractivity contribution is 0.0342. The second-order valence-electron chi connectivity index (χ2n) is 6.89. The number of hydrogen-bond acceptors (Lipinski definition) is 3. The average Bonchev–Trinajstić information content (AvgIpc) is 2.62. The maximum absolute atomic E-state index is 6.06. The van der Waals surface area contributed by atoms with E-state index in [1.54, 1.807) is 0 Å². The zero-order valence-electron chi connectivity index (χ0n) is 14.5. The highest BCUT2D eigenvalue weighted by molar-refractivity contribution is 5.78. The zero-order chi connectivity index (χ0) is 16.6. The van der Waals surface area contributed by atoms with Crippen LogP contribution in [-0.2, 0) is 17.8 Å². The smallest absolute Gasteiger partial charge is 0.189 e. The van der Waals surface area contributed by atoms with Crippen LogP contribution >= 0.6 is 0 Å². The van der Waals surface area contributed by atoms with Gasteiger partial charge in [-0.2, -0.15) is 0 Å². The van der Waals surface area contributed by atoms with E-state index in [0.717, 1.165) is 32.8 Å². The van der Waals surface area contributed by atoms with E-state index in [2.05, 4.69) is 39.5 Å². The van der Waals surface area contributed by atoms with Gasteiger partial charge in [-0.3, -0.25) is 4.90 Å². The Hall–Kier alpha value is -1.59. The van der Waals surface area contributed by atoms with Gasteiger partial charge in [0.25, 0.3) is 0 Å². The van der Waals surface area contributed by atoms with Crippen molar-refractivity contribution in [2.75, 3.05) is 26.3 Å². The third-order valence-electron chi connectivity index (χ3n) is 4.89. The van der Waals surface area contributed by atoms with Crippen LogP contribution in [0, 0.1) is 0 Å². The van der Waals surface area contributed by atoms with Gasteiger partial charge in [0.15, 0.2) is 5.96 Å². The van der Waals surface area contributed by atoms with Gasteiger partial charge in [0.2, 0.25) is 0 Å². The van der Waals surface area contributed by atoms with Gasteiger partial charge < -0.3 is 15.8 Å². The number of aliphatic imine (C=N–C) groups is 1. The van der Waals surface area contributed by atoms with Gasteiger partial charge >= 0.3 is 0 Å². The topological polar surface area (TPSA) is 62.9 Å². The molecule has 3 N–H and O–H groups in total. The molecule has 2 aliphatic rings. The summed E-state index contributed by atoms with van der Waals surface area (Å²) in [5.41, 5.74) is 8.61. The van der Waals surface area contributed by atoms with E-state index < -0.39 is 0 Å². The Morgan fingerprint density at radius 2 is 1.92 bits per heavy atom. The lowest BCUT2D eigenvalue weighted by atomic mass is 9.96. The first kappa shape index (κ1) is 17.2. The number of nitrogens with two attached hydrogens (primary N) is 1. The summed E-state index contributed by atoms with van der Waals surface area (Å²) in [7, 11) is 0. The predicted molar refractivity (Wildman–Crippen MR) is 97.9 cm³/mol. The Labute approximate surface area is 145 Å². The van der Waals surface area contributed by atoms with Crippen LogP contribution in [0.15, 0.2) is 29.3 Å². The van der Waals surface area contributed by atoms with Crippen molar-refractivity contribution in [3.05, 3.63) is 35.4 Å². The maximum atomic E-state index is 6.06. The molecular weight excluding hydrogens is 300 g/mol. The van der Waals surface area contributed by atoms with E-state index in [-0.39, 0.29) is 0 Å². The predicted octanol–water partition coefficient (Wildman–Crippen LogP) is 2.26. The molecule has 1 aliphatic heterocycles. The number of benzene rings is 1. The van der Waals surface area contributed by atoms with Crippen LogP contribution in [0.4, 0.5) is 0 Å². The molecule has 5 heteroatoms. The minimum absolute atomic E-state index is 0.509. The van der Waals surface area contributed by atoms with Crippen LogP contribution in [0.2, 0.25) is 0 Å². The Morgan fingerprint density at radius 1 is 1.17 bits per heavy atom. The molecule has 0 aromatic heterocycles. The van der Waals surface area contributed by atoms with E-state index in [4.69, 9.17) is 10.5 Å². The van der Waals surface area contributed by atoms with Gasteiger partial charge in [-0.1, -0.05) is 43.5 Å². The lowest BCUT2D eigenvalue weighted by Crippen LogP contribution is -2.41. The van der Waals surface area contributed by atoms with Crippen molar-refractivity contribution in [3.63, 3.8) is 0 Å². The first-order valence-corrected chi connectivity index (χ1v) is 9.24. The molecule has 1 aromatic carbocycles. The van der Waals surface area contributed by atoms with Gasteiger partial charge in [-0.05, 0) is 24.0 Å². The molecule has 2 fully saturated rings. The van der Waals surface area contributed by atoms with E-state index >= 15 is 0 Å². The third kappa shape index (κ3) is 5.49. The second kappa shape index (κ2) is 9.04. The number of ether oxygens (including phenoxy) is 1. The van der Waals surface area contributed by atoms with Crippen molar-refractivity contribution in [1.82, 2.24) is 10.2 Å². The lowest BCUT2D eigenvalue weighted by Gasteiger charge is -2.26. The Balaban J connectivity index is 1.50. The van der Waals surface area contributed by atoms with Crippen molar-refractivity contribution < 1.29 is 4.74 Å². The Morgan fingerprint density at radius 3 is 2.71 bits per heavy atom. The highest BCUT2D eigenvalue weighted by Gasteiger charge is 2.13. The summed E-state index contributed by atoms with van der Waals surface area (Å²) >= 11 is 0. The molecule has 1 saturated carbocycles. The van der Waals surface area contributed by atoms with Gasteiger partial charge in [0, 0.05) is 25.7 Å². The molecule has 1 heterocycles. The van der Waals surface area contributed by atoms with Crippen LogP contribution in [0.25, 0.3) is 0 Å². The molecule has 0 spiro atoms. The van der Waals surface area contributed by atoms with E-state index in [1.165, 1.54) is 43.2 Å². The summed E-state index contributed by atoms with van der Waals surface area (Å²) in [5.74, 6) is 0.584. The zero-order valence-corrected chi connectivity index (χ0v) is 14.5. The molecule has 132 valence electrons. The molecule has 0 atom stereocenters. The molecule has 5 nitrogen and oxygen atoms in total. The molecule has 1 aliphatic carbocycles. The summed E-state index contributed by atoms with van der Waals surface area (Å²) in [6.45, 7) is 5.33. The van der Waals surface area contributed by atoms with Crippen LogP contribution in [0.1, 0.15) is 43.2 Å². The van der Waals surface area contributed by atoms with Crippen LogP contribution in [0.3, 0.4) is 0 Å². The van der Waals surface area contributed by atoms with E-state index in [0.29, 0.717) is 18.5 Å². The number of rotatable bonds is 5. The number of nitrogens with zero attached hydrogens (tertiary/aromatic N) is 2. The summed E-state index contributed by atoms with van der Waals surface area (Å²) in [5, 5.41) is 3.38. The second-order valence-corrected chi connectivity index (χ2v) is 6.89. The third-order valence-corrected chi connectivity index (χ3v) is 4.89. The fourth-order valence-electron chi connectivity index (χ4n) is 3.52. The largest absolute Gasteiger partial charge is 0.379 e. The molecular formula is C19H30N4O. The number of guanidine groups is 1. The van der Waals surface area contributed by atoms with Crippen LogP contribution in [0.5, 0.6) is 0 Å². The minimum atomic E-state index is 0.509.